The van der Waals surface area contributed by atoms with E-state index in [4.69, 9.17) is 4.74 Å². The molecule has 33 heavy (non-hydrogen) atoms. The molecule has 0 aliphatic carbocycles. The molecule has 1 saturated heterocycles. The van der Waals surface area contributed by atoms with Crippen molar-refractivity contribution in [2.45, 2.75) is 19.8 Å². The van der Waals surface area contributed by atoms with Gasteiger partial charge in [0.25, 0.3) is 11.8 Å². The summed E-state index contributed by atoms with van der Waals surface area (Å²) < 4.78 is 19.9. The second-order valence-electron chi connectivity index (χ2n) is 7.78. The molecule has 2 aromatic heterocycles. The highest BCUT2D eigenvalue weighted by Crippen LogP contribution is 2.22. The van der Waals surface area contributed by atoms with Gasteiger partial charge in [-0.1, -0.05) is 6.07 Å². The first-order valence-electron chi connectivity index (χ1n) is 10.5. The Labute approximate surface area is 194 Å². The van der Waals surface area contributed by atoms with E-state index in [0.29, 0.717) is 41.5 Å². The predicted octanol–water partition coefficient (Wildman–Crippen LogP) is 3.42. The molecule has 4 rings (SSSR count). The van der Waals surface area contributed by atoms with Gasteiger partial charge in [0.05, 0.1) is 22.2 Å². The Balaban J connectivity index is 1.32. The van der Waals surface area contributed by atoms with Crippen molar-refractivity contribution in [3.05, 3.63) is 64.2 Å². The number of aryl methyl sites for hydroxylation is 1. The van der Waals surface area contributed by atoms with Gasteiger partial charge in [-0.15, -0.1) is 11.3 Å². The Bertz CT molecular complexity index is 1140. The van der Waals surface area contributed by atoms with Crippen LogP contribution in [0, 0.1) is 18.7 Å². The van der Waals surface area contributed by atoms with Gasteiger partial charge in [-0.25, -0.2) is 9.07 Å². The van der Waals surface area contributed by atoms with Crippen LogP contribution < -0.4 is 5.32 Å². The lowest BCUT2D eigenvalue weighted by Crippen LogP contribution is -2.43. The van der Waals surface area contributed by atoms with Gasteiger partial charge in [0.1, 0.15) is 11.6 Å². The molecule has 0 saturated carbocycles. The SMILES string of the molecule is Cc1cc(NC(=O)COC(=O)C2CCCN(C(=O)c3cccs3)C2)n(-c2ccc(F)cc2)n1. The molecule has 0 bridgehead atoms. The zero-order valence-electron chi connectivity index (χ0n) is 18.0. The summed E-state index contributed by atoms with van der Waals surface area (Å²) in [5.74, 6) is -1.58. The Morgan fingerprint density at radius 1 is 1.24 bits per heavy atom. The number of carbonyl (C=O) groups is 3. The van der Waals surface area contributed by atoms with E-state index >= 15 is 0 Å². The third-order valence-corrected chi connectivity index (χ3v) is 6.15. The van der Waals surface area contributed by atoms with Gasteiger partial charge in [0.2, 0.25) is 0 Å². The molecule has 2 amide bonds. The minimum absolute atomic E-state index is 0.0929. The largest absolute Gasteiger partial charge is 0.455 e. The lowest BCUT2D eigenvalue weighted by Gasteiger charge is -2.31. The van der Waals surface area contributed by atoms with Crippen LogP contribution in [0.4, 0.5) is 10.2 Å². The Kier molecular flexibility index (Phi) is 6.83. The van der Waals surface area contributed by atoms with Gasteiger partial charge in [0, 0.05) is 19.2 Å². The standard InChI is InChI=1S/C23H23FN4O4S/c1-15-12-20(28(26-15)18-8-6-17(24)7-9-18)25-21(29)14-32-23(31)16-4-2-10-27(13-16)22(30)19-5-3-11-33-19/h3,5-9,11-12,16H,2,4,10,13-14H2,1H3,(H,25,29). The number of benzene rings is 1. The molecule has 1 aliphatic rings. The molecular formula is C23H23FN4O4S. The molecule has 10 heteroatoms. The lowest BCUT2D eigenvalue weighted by atomic mass is 9.98. The molecule has 172 valence electrons. The van der Waals surface area contributed by atoms with Gasteiger partial charge in [-0.3, -0.25) is 14.4 Å². The molecule has 1 fully saturated rings. The van der Waals surface area contributed by atoms with Crippen LogP contribution in [0.25, 0.3) is 5.69 Å². The van der Waals surface area contributed by atoms with Gasteiger partial charge in [-0.05, 0) is 55.5 Å². The monoisotopic (exact) mass is 470 g/mol. The van der Waals surface area contributed by atoms with Crippen LogP contribution in [0.15, 0.2) is 47.8 Å². The average Bonchev–Trinajstić information content (AvgIpc) is 3.47. The van der Waals surface area contributed by atoms with Gasteiger partial charge < -0.3 is 15.0 Å². The summed E-state index contributed by atoms with van der Waals surface area (Å²) in [6.45, 7) is 2.17. The zero-order chi connectivity index (χ0) is 23.4. The topological polar surface area (TPSA) is 93.5 Å². The number of rotatable bonds is 6. The van der Waals surface area contributed by atoms with Crippen LogP contribution in [-0.2, 0) is 14.3 Å². The summed E-state index contributed by atoms with van der Waals surface area (Å²) >= 11 is 1.37. The summed E-state index contributed by atoms with van der Waals surface area (Å²) in [5.41, 5.74) is 1.24. The molecule has 8 nitrogen and oxygen atoms in total. The minimum Gasteiger partial charge on any atom is -0.455 e. The quantitative estimate of drug-likeness (QED) is 0.558. The Hall–Kier alpha value is -3.53. The second-order valence-corrected chi connectivity index (χ2v) is 8.73. The van der Waals surface area contributed by atoms with Crippen LogP contribution in [0.3, 0.4) is 0 Å². The molecule has 0 spiro atoms. The third-order valence-electron chi connectivity index (χ3n) is 5.29. The number of hydrogen-bond donors (Lipinski definition) is 1. The molecule has 1 aliphatic heterocycles. The molecule has 1 atom stereocenters. The molecule has 0 radical (unpaired) electrons. The molecule has 3 heterocycles. The first kappa shape index (κ1) is 22.7. The van der Waals surface area contributed by atoms with Crippen molar-refractivity contribution < 1.29 is 23.5 Å². The van der Waals surface area contributed by atoms with Crippen molar-refractivity contribution >= 4 is 34.9 Å². The van der Waals surface area contributed by atoms with Crippen LogP contribution >= 0.6 is 11.3 Å². The van der Waals surface area contributed by atoms with E-state index in [0.717, 1.165) is 0 Å². The molecule has 3 aromatic rings. The zero-order valence-corrected chi connectivity index (χ0v) is 18.8. The van der Waals surface area contributed by atoms with Crippen molar-refractivity contribution in [3.63, 3.8) is 0 Å². The van der Waals surface area contributed by atoms with Crippen LogP contribution in [-0.4, -0.2) is 52.2 Å². The van der Waals surface area contributed by atoms with Gasteiger partial charge in [0.15, 0.2) is 6.61 Å². The maximum absolute atomic E-state index is 13.2. The van der Waals surface area contributed by atoms with E-state index in [2.05, 4.69) is 10.4 Å². The molecule has 1 aromatic carbocycles. The first-order chi connectivity index (χ1) is 15.9. The number of nitrogens with one attached hydrogen (secondary N) is 1. The van der Waals surface area contributed by atoms with E-state index in [1.54, 1.807) is 36.1 Å². The third kappa shape index (κ3) is 5.46. The average molecular weight is 471 g/mol. The van der Waals surface area contributed by atoms with E-state index in [1.165, 1.54) is 28.2 Å². The summed E-state index contributed by atoms with van der Waals surface area (Å²) in [7, 11) is 0. The van der Waals surface area contributed by atoms with E-state index in [1.807, 2.05) is 11.4 Å². The molecule has 1 unspecified atom stereocenters. The van der Waals surface area contributed by atoms with E-state index in [9.17, 15) is 18.8 Å². The summed E-state index contributed by atoms with van der Waals surface area (Å²) in [5, 5.41) is 8.83. The number of thiophene rings is 1. The number of piperidine rings is 1. The predicted molar refractivity (Wildman–Crippen MR) is 121 cm³/mol. The van der Waals surface area contributed by atoms with Gasteiger partial charge in [-0.2, -0.15) is 5.10 Å². The fourth-order valence-electron chi connectivity index (χ4n) is 3.71. The number of nitrogens with zero attached hydrogens (tertiary/aromatic N) is 3. The van der Waals surface area contributed by atoms with Crippen LogP contribution in [0.1, 0.15) is 28.2 Å². The number of esters is 1. The van der Waals surface area contributed by atoms with Crippen LogP contribution in [0.5, 0.6) is 0 Å². The highest BCUT2D eigenvalue weighted by atomic mass is 32.1. The fraction of sp³-hybridized carbons (Fsp3) is 0.304. The highest BCUT2D eigenvalue weighted by Gasteiger charge is 2.30. The number of ether oxygens (including phenoxy) is 1. The van der Waals surface area contributed by atoms with Crippen molar-refractivity contribution in [2.24, 2.45) is 5.92 Å². The number of amides is 2. The van der Waals surface area contributed by atoms with Crippen molar-refractivity contribution in [3.8, 4) is 5.69 Å². The molecule has 1 N–H and O–H groups in total. The highest BCUT2D eigenvalue weighted by molar-refractivity contribution is 7.12. The number of halogens is 1. The second kappa shape index (κ2) is 9.95. The maximum atomic E-state index is 13.2. The summed E-state index contributed by atoms with van der Waals surface area (Å²) in [6, 6.07) is 10.9. The number of likely N-dealkylation sites (tertiary alicyclic amines) is 1. The smallest absolute Gasteiger partial charge is 0.311 e. The lowest BCUT2D eigenvalue weighted by molar-refractivity contribution is -0.152. The number of anilines is 1. The van der Waals surface area contributed by atoms with Crippen LogP contribution in [0.2, 0.25) is 0 Å². The van der Waals surface area contributed by atoms with E-state index in [-0.39, 0.29) is 18.3 Å². The van der Waals surface area contributed by atoms with Crippen molar-refractivity contribution in [1.29, 1.82) is 0 Å². The number of carbonyl (C=O) groups excluding carboxylic acids is 3. The number of aromatic nitrogens is 2. The fourth-order valence-corrected chi connectivity index (χ4v) is 4.40. The summed E-state index contributed by atoms with van der Waals surface area (Å²) in [4.78, 5) is 39.8. The minimum atomic E-state index is -0.520. The van der Waals surface area contributed by atoms with E-state index < -0.39 is 24.4 Å². The molecular weight excluding hydrogens is 447 g/mol. The van der Waals surface area contributed by atoms with Gasteiger partial charge >= 0.3 is 5.97 Å². The summed E-state index contributed by atoms with van der Waals surface area (Å²) in [6.07, 6.45) is 1.30. The first-order valence-corrected chi connectivity index (χ1v) is 11.4. The Morgan fingerprint density at radius 2 is 2.03 bits per heavy atom. The number of hydrogen-bond acceptors (Lipinski definition) is 6. The van der Waals surface area contributed by atoms with Crippen molar-refractivity contribution in [2.75, 3.05) is 25.0 Å². The van der Waals surface area contributed by atoms with Crippen molar-refractivity contribution in [1.82, 2.24) is 14.7 Å². The Morgan fingerprint density at radius 3 is 2.76 bits per heavy atom. The maximum Gasteiger partial charge on any atom is 0.311 e. The normalized spacial score (nSPS) is 15.8.